The molecule has 130 valence electrons. The number of morpholine rings is 1. The molecule has 0 aromatic heterocycles. The standard InChI is InChI=1S/C18H26N4O2/c1-14(2)17(22-6-8-24-9-7-22)13-21-18(23)20-12-16-5-3-4-15(10-16)11-19/h3-5,10,14,17H,6-9,12-13H2,1-2H3,(H2,20,21,23). The molecule has 1 aliphatic rings. The van der Waals surface area contributed by atoms with Gasteiger partial charge in [-0.15, -0.1) is 0 Å². The number of urea groups is 1. The first-order valence-corrected chi connectivity index (χ1v) is 8.42. The van der Waals surface area contributed by atoms with Gasteiger partial charge in [-0.2, -0.15) is 5.26 Å². The Labute approximate surface area is 143 Å². The number of hydrogen-bond acceptors (Lipinski definition) is 4. The van der Waals surface area contributed by atoms with E-state index in [1.165, 1.54) is 0 Å². The molecule has 24 heavy (non-hydrogen) atoms. The van der Waals surface area contributed by atoms with Crippen LogP contribution in [0.15, 0.2) is 24.3 Å². The number of carbonyl (C=O) groups is 1. The van der Waals surface area contributed by atoms with E-state index in [2.05, 4.69) is 35.5 Å². The minimum absolute atomic E-state index is 0.184. The third kappa shape index (κ3) is 5.52. The predicted octanol–water partition coefficient (Wildman–Crippen LogP) is 1.71. The first kappa shape index (κ1) is 18.2. The molecule has 1 aromatic rings. The van der Waals surface area contributed by atoms with E-state index < -0.39 is 0 Å². The minimum atomic E-state index is -0.184. The van der Waals surface area contributed by atoms with Gasteiger partial charge in [0.05, 0.1) is 24.8 Å². The van der Waals surface area contributed by atoms with Gasteiger partial charge in [-0.1, -0.05) is 26.0 Å². The third-order valence-corrected chi connectivity index (χ3v) is 4.27. The topological polar surface area (TPSA) is 77.4 Å². The first-order valence-electron chi connectivity index (χ1n) is 8.42. The lowest BCUT2D eigenvalue weighted by atomic mass is 10.0. The fraction of sp³-hybridized carbons (Fsp3) is 0.556. The van der Waals surface area contributed by atoms with E-state index in [0.717, 1.165) is 31.9 Å². The smallest absolute Gasteiger partial charge is 0.315 e. The first-order chi connectivity index (χ1) is 11.6. The van der Waals surface area contributed by atoms with Gasteiger partial charge in [0.2, 0.25) is 0 Å². The molecule has 1 saturated heterocycles. The summed E-state index contributed by atoms with van der Waals surface area (Å²) in [5.74, 6) is 0.454. The van der Waals surface area contributed by atoms with Gasteiger partial charge in [0.1, 0.15) is 0 Å². The molecule has 6 nitrogen and oxygen atoms in total. The number of nitrogens with one attached hydrogen (secondary N) is 2. The summed E-state index contributed by atoms with van der Waals surface area (Å²) in [6.45, 7) is 8.70. The van der Waals surface area contributed by atoms with Crippen LogP contribution in [0.3, 0.4) is 0 Å². The molecular formula is C18H26N4O2. The number of amides is 2. The van der Waals surface area contributed by atoms with Crippen LogP contribution in [0.1, 0.15) is 25.0 Å². The number of rotatable bonds is 6. The maximum absolute atomic E-state index is 12.1. The van der Waals surface area contributed by atoms with Crippen molar-refractivity contribution in [2.24, 2.45) is 5.92 Å². The highest BCUT2D eigenvalue weighted by Gasteiger charge is 2.24. The van der Waals surface area contributed by atoms with Gasteiger partial charge >= 0.3 is 6.03 Å². The molecule has 1 heterocycles. The molecule has 0 radical (unpaired) electrons. The van der Waals surface area contributed by atoms with E-state index in [-0.39, 0.29) is 6.03 Å². The highest BCUT2D eigenvalue weighted by Crippen LogP contribution is 2.12. The van der Waals surface area contributed by atoms with Crippen LogP contribution in [-0.4, -0.2) is 49.8 Å². The van der Waals surface area contributed by atoms with Crippen molar-refractivity contribution in [3.8, 4) is 6.07 Å². The van der Waals surface area contributed by atoms with Crippen LogP contribution in [0.5, 0.6) is 0 Å². The number of ether oxygens (including phenoxy) is 1. The molecule has 2 amide bonds. The van der Waals surface area contributed by atoms with Gasteiger partial charge in [0.25, 0.3) is 0 Å². The van der Waals surface area contributed by atoms with Gasteiger partial charge in [-0.3, -0.25) is 4.90 Å². The Kier molecular flexibility index (Phi) is 7.04. The molecule has 1 aromatic carbocycles. The summed E-state index contributed by atoms with van der Waals surface area (Å²) in [6.07, 6.45) is 0. The SMILES string of the molecule is CC(C)C(CNC(=O)NCc1cccc(C#N)c1)N1CCOCC1. The van der Waals surface area contributed by atoms with Crippen molar-refractivity contribution >= 4 is 6.03 Å². The second-order valence-electron chi connectivity index (χ2n) is 6.34. The number of benzene rings is 1. The highest BCUT2D eigenvalue weighted by molar-refractivity contribution is 5.73. The average Bonchev–Trinajstić information content (AvgIpc) is 2.61. The lowest BCUT2D eigenvalue weighted by Crippen LogP contribution is -2.52. The molecule has 1 unspecified atom stereocenters. The van der Waals surface area contributed by atoms with Crippen LogP contribution in [0.2, 0.25) is 0 Å². The molecule has 6 heteroatoms. The molecule has 0 spiro atoms. The van der Waals surface area contributed by atoms with E-state index in [9.17, 15) is 4.79 Å². The maximum Gasteiger partial charge on any atom is 0.315 e. The zero-order chi connectivity index (χ0) is 17.4. The fourth-order valence-corrected chi connectivity index (χ4v) is 2.89. The van der Waals surface area contributed by atoms with Gasteiger partial charge < -0.3 is 15.4 Å². The Bertz CT molecular complexity index is 577. The molecule has 1 fully saturated rings. The molecule has 2 N–H and O–H groups in total. The Morgan fingerprint density at radius 2 is 2.08 bits per heavy atom. The van der Waals surface area contributed by atoms with Crippen molar-refractivity contribution in [3.05, 3.63) is 35.4 Å². The normalized spacial score (nSPS) is 16.4. The average molecular weight is 330 g/mol. The van der Waals surface area contributed by atoms with Crippen LogP contribution in [0.25, 0.3) is 0 Å². The van der Waals surface area contributed by atoms with Crippen LogP contribution < -0.4 is 10.6 Å². The second-order valence-corrected chi connectivity index (χ2v) is 6.34. The fourth-order valence-electron chi connectivity index (χ4n) is 2.89. The number of hydrogen-bond donors (Lipinski definition) is 2. The summed E-state index contributed by atoms with van der Waals surface area (Å²) in [5, 5.41) is 14.7. The van der Waals surface area contributed by atoms with E-state index in [0.29, 0.717) is 30.6 Å². The summed E-state index contributed by atoms with van der Waals surface area (Å²) >= 11 is 0. The lowest BCUT2D eigenvalue weighted by molar-refractivity contribution is 0.00719. The monoisotopic (exact) mass is 330 g/mol. The van der Waals surface area contributed by atoms with Crippen LogP contribution in [0.4, 0.5) is 4.79 Å². The molecule has 1 aliphatic heterocycles. The summed E-state index contributed by atoms with van der Waals surface area (Å²) in [5.41, 5.74) is 1.51. The zero-order valence-electron chi connectivity index (χ0n) is 14.4. The largest absolute Gasteiger partial charge is 0.379 e. The van der Waals surface area contributed by atoms with Crippen molar-refractivity contribution in [3.63, 3.8) is 0 Å². The van der Waals surface area contributed by atoms with Crippen molar-refractivity contribution in [1.29, 1.82) is 5.26 Å². The van der Waals surface area contributed by atoms with Crippen LogP contribution in [-0.2, 0) is 11.3 Å². The summed E-state index contributed by atoms with van der Waals surface area (Å²) in [6, 6.07) is 9.47. The Morgan fingerprint density at radius 3 is 2.75 bits per heavy atom. The molecule has 2 rings (SSSR count). The van der Waals surface area contributed by atoms with Crippen molar-refractivity contribution in [2.75, 3.05) is 32.8 Å². The maximum atomic E-state index is 12.1. The van der Waals surface area contributed by atoms with Crippen LogP contribution in [0, 0.1) is 17.2 Å². The molecule has 1 atom stereocenters. The Balaban J connectivity index is 1.79. The van der Waals surface area contributed by atoms with Gasteiger partial charge in [0.15, 0.2) is 0 Å². The quantitative estimate of drug-likeness (QED) is 0.832. The van der Waals surface area contributed by atoms with E-state index in [4.69, 9.17) is 10.00 Å². The molecule has 0 saturated carbocycles. The van der Waals surface area contributed by atoms with E-state index >= 15 is 0 Å². The zero-order valence-corrected chi connectivity index (χ0v) is 14.4. The van der Waals surface area contributed by atoms with E-state index in [1.807, 2.05) is 12.1 Å². The van der Waals surface area contributed by atoms with E-state index in [1.54, 1.807) is 12.1 Å². The number of nitrogens with zero attached hydrogens (tertiary/aromatic N) is 2. The van der Waals surface area contributed by atoms with Gasteiger partial charge in [-0.05, 0) is 23.6 Å². The van der Waals surface area contributed by atoms with Crippen LogP contribution >= 0.6 is 0 Å². The predicted molar refractivity (Wildman–Crippen MR) is 92.4 cm³/mol. The second kappa shape index (κ2) is 9.26. The molecular weight excluding hydrogens is 304 g/mol. The highest BCUT2D eigenvalue weighted by atomic mass is 16.5. The van der Waals surface area contributed by atoms with Gasteiger partial charge in [0, 0.05) is 32.2 Å². The van der Waals surface area contributed by atoms with Crippen molar-refractivity contribution in [2.45, 2.75) is 26.4 Å². The summed E-state index contributed by atoms with van der Waals surface area (Å²) < 4.78 is 5.40. The summed E-state index contributed by atoms with van der Waals surface area (Å²) in [7, 11) is 0. The molecule has 0 aliphatic carbocycles. The number of nitriles is 1. The van der Waals surface area contributed by atoms with Gasteiger partial charge in [-0.25, -0.2) is 4.79 Å². The lowest BCUT2D eigenvalue weighted by Gasteiger charge is -2.36. The molecule has 0 bridgehead atoms. The Hall–Kier alpha value is -2.10. The Morgan fingerprint density at radius 1 is 1.33 bits per heavy atom. The van der Waals surface area contributed by atoms with Crippen molar-refractivity contribution < 1.29 is 9.53 Å². The minimum Gasteiger partial charge on any atom is -0.379 e. The van der Waals surface area contributed by atoms with Crippen molar-refractivity contribution in [1.82, 2.24) is 15.5 Å². The summed E-state index contributed by atoms with van der Waals surface area (Å²) in [4.78, 5) is 14.4. The third-order valence-electron chi connectivity index (χ3n) is 4.27. The number of carbonyl (C=O) groups excluding carboxylic acids is 1.